The van der Waals surface area contributed by atoms with Crippen LogP contribution >= 0.6 is 0 Å². The van der Waals surface area contributed by atoms with E-state index in [0.29, 0.717) is 13.0 Å². The summed E-state index contributed by atoms with van der Waals surface area (Å²) < 4.78 is 9.83. The van der Waals surface area contributed by atoms with Crippen molar-refractivity contribution in [3.05, 3.63) is 0 Å². The molecule has 1 unspecified atom stereocenters. The quantitative estimate of drug-likeness (QED) is 0.733. The number of methoxy groups -OCH3 is 1. The molecule has 0 spiro atoms. The molecule has 0 saturated carbocycles. The molecule has 1 fully saturated rings. The predicted octanol–water partition coefficient (Wildman–Crippen LogP) is 1.52. The average molecular weight is 274 g/mol. The molecule has 1 amide bonds. The minimum absolute atomic E-state index is 0.134. The van der Waals surface area contributed by atoms with E-state index in [2.05, 4.69) is 4.74 Å². The second-order valence-electron chi connectivity index (χ2n) is 5.30. The molecule has 1 rings (SSSR count). The predicted molar refractivity (Wildman–Crippen MR) is 72.7 cm³/mol. The van der Waals surface area contributed by atoms with Crippen molar-refractivity contribution in [1.29, 1.82) is 0 Å². The van der Waals surface area contributed by atoms with Gasteiger partial charge in [-0.15, -0.1) is 0 Å². The number of hydrogen-bond acceptors (Lipinski definition) is 5. The van der Waals surface area contributed by atoms with E-state index in [-0.39, 0.29) is 6.54 Å². The zero-order chi connectivity index (χ0) is 15.3. The van der Waals surface area contributed by atoms with Crippen LogP contribution in [0.1, 0.15) is 41.0 Å². The Labute approximate surface area is 115 Å². The van der Waals surface area contributed by atoms with Gasteiger partial charge in [-0.05, 0) is 27.2 Å². The highest BCUT2D eigenvalue weighted by Gasteiger charge is 2.44. The van der Waals surface area contributed by atoms with Gasteiger partial charge < -0.3 is 20.1 Å². The second-order valence-corrected chi connectivity index (χ2v) is 5.30. The molecule has 0 aromatic rings. The van der Waals surface area contributed by atoms with Gasteiger partial charge in [0.25, 0.3) is 0 Å². The van der Waals surface area contributed by atoms with E-state index in [1.165, 1.54) is 12.0 Å². The lowest BCUT2D eigenvalue weighted by Gasteiger charge is -2.25. The van der Waals surface area contributed by atoms with Crippen molar-refractivity contribution in [2.24, 2.45) is 5.73 Å². The molecule has 1 heterocycles. The van der Waals surface area contributed by atoms with E-state index in [9.17, 15) is 9.59 Å². The normalized spacial score (nSPS) is 22.4. The molecule has 0 radical (unpaired) electrons. The fraction of sp³-hybridized carbons (Fsp3) is 0.846. The molecule has 6 nitrogen and oxygen atoms in total. The van der Waals surface area contributed by atoms with E-state index in [1.807, 2.05) is 13.8 Å². The van der Waals surface area contributed by atoms with E-state index >= 15 is 0 Å². The molecule has 112 valence electrons. The van der Waals surface area contributed by atoms with Crippen LogP contribution in [0.15, 0.2) is 0 Å². The van der Waals surface area contributed by atoms with E-state index in [0.717, 1.165) is 0 Å². The molecule has 19 heavy (non-hydrogen) atoms. The second kappa shape index (κ2) is 6.75. The van der Waals surface area contributed by atoms with Crippen LogP contribution in [0.4, 0.5) is 4.79 Å². The Kier molecular flexibility index (Phi) is 6.29. The SMILES string of the molecule is CC.COC(=O)C1(N)CCN(C(=O)OC(C)(C)C)C1. The zero-order valence-electron chi connectivity index (χ0n) is 12.8. The number of carbonyl (C=O) groups is 2. The summed E-state index contributed by atoms with van der Waals surface area (Å²) >= 11 is 0. The molecule has 0 aliphatic carbocycles. The van der Waals surface area contributed by atoms with Crippen LogP contribution in [0.25, 0.3) is 0 Å². The van der Waals surface area contributed by atoms with Crippen LogP contribution in [-0.2, 0) is 14.3 Å². The molecule has 1 aliphatic rings. The van der Waals surface area contributed by atoms with Gasteiger partial charge >= 0.3 is 12.1 Å². The van der Waals surface area contributed by atoms with Crippen molar-refractivity contribution in [2.75, 3.05) is 20.2 Å². The fourth-order valence-electron chi connectivity index (χ4n) is 1.69. The number of amides is 1. The Hall–Kier alpha value is -1.30. The van der Waals surface area contributed by atoms with Gasteiger partial charge in [-0.1, -0.05) is 13.8 Å². The highest BCUT2D eigenvalue weighted by atomic mass is 16.6. The summed E-state index contributed by atoms with van der Waals surface area (Å²) in [6, 6.07) is 0. The summed E-state index contributed by atoms with van der Waals surface area (Å²) in [5, 5.41) is 0. The molecule has 1 atom stereocenters. The van der Waals surface area contributed by atoms with Crippen LogP contribution in [-0.4, -0.2) is 48.3 Å². The van der Waals surface area contributed by atoms with Gasteiger partial charge in [0.15, 0.2) is 0 Å². The number of esters is 1. The van der Waals surface area contributed by atoms with Crippen molar-refractivity contribution in [2.45, 2.75) is 52.2 Å². The largest absolute Gasteiger partial charge is 0.468 e. The number of carbonyl (C=O) groups excluding carboxylic acids is 2. The fourth-order valence-corrected chi connectivity index (χ4v) is 1.69. The van der Waals surface area contributed by atoms with Crippen molar-refractivity contribution in [3.63, 3.8) is 0 Å². The third-order valence-electron chi connectivity index (χ3n) is 2.54. The van der Waals surface area contributed by atoms with Gasteiger partial charge in [-0.25, -0.2) is 9.59 Å². The Balaban J connectivity index is 0.00000154. The van der Waals surface area contributed by atoms with Crippen molar-refractivity contribution in [3.8, 4) is 0 Å². The Bertz CT molecular complexity index is 325. The van der Waals surface area contributed by atoms with Gasteiger partial charge in [0.05, 0.1) is 13.7 Å². The van der Waals surface area contributed by atoms with Crippen LogP contribution in [0, 0.1) is 0 Å². The Morgan fingerprint density at radius 2 is 1.79 bits per heavy atom. The highest BCUT2D eigenvalue weighted by Crippen LogP contribution is 2.22. The third-order valence-corrected chi connectivity index (χ3v) is 2.54. The molecule has 0 aromatic carbocycles. The first-order valence-corrected chi connectivity index (χ1v) is 6.53. The average Bonchev–Trinajstić information content (AvgIpc) is 2.73. The zero-order valence-corrected chi connectivity index (χ0v) is 12.8. The molecular weight excluding hydrogens is 248 g/mol. The summed E-state index contributed by atoms with van der Waals surface area (Å²) in [5.41, 5.74) is 4.22. The van der Waals surface area contributed by atoms with Crippen molar-refractivity contribution >= 4 is 12.1 Å². The molecule has 1 aliphatic heterocycles. The van der Waals surface area contributed by atoms with E-state index in [4.69, 9.17) is 10.5 Å². The first kappa shape index (κ1) is 17.7. The van der Waals surface area contributed by atoms with E-state index < -0.39 is 23.2 Å². The first-order valence-electron chi connectivity index (χ1n) is 6.53. The first-order chi connectivity index (χ1) is 8.68. The smallest absolute Gasteiger partial charge is 0.410 e. The number of rotatable bonds is 1. The number of hydrogen-bond donors (Lipinski definition) is 1. The summed E-state index contributed by atoms with van der Waals surface area (Å²) in [5.74, 6) is -0.497. The Morgan fingerprint density at radius 1 is 1.26 bits per heavy atom. The molecule has 1 saturated heterocycles. The van der Waals surface area contributed by atoms with Crippen LogP contribution in [0.5, 0.6) is 0 Å². The lowest BCUT2D eigenvalue weighted by Crippen LogP contribution is -2.51. The lowest BCUT2D eigenvalue weighted by molar-refractivity contribution is -0.146. The summed E-state index contributed by atoms with van der Waals surface area (Å²) in [6.45, 7) is 9.90. The summed E-state index contributed by atoms with van der Waals surface area (Å²) in [6.07, 6.45) is -0.0624. The van der Waals surface area contributed by atoms with Gasteiger partial charge in [-0.3, -0.25) is 0 Å². The highest BCUT2D eigenvalue weighted by molar-refractivity contribution is 5.82. The van der Waals surface area contributed by atoms with Crippen molar-refractivity contribution in [1.82, 2.24) is 4.90 Å². The molecular formula is C13H26N2O4. The van der Waals surface area contributed by atoms with E-state index in [1.54, 1.807) is 20.8 Å². The summed E-state index contributed by atoms with van der Waals surface area (Å²) in [7, 11) is 1.28. The minimum Gasteiger partial charge on any atom is -0.468 e. The monoisotopic (exact) mass is 274 g/mol. The molecule has 0 aromatic heterocycles. The number of nitrogens with two attached hydrogens (primary N) is 1. The van der Waals surface area contributed by atoms with Gasteiger partial charge in [0.1, 0.15) is 11.1 Å². The van der Waals surface area contributed by atoms with Crippen molar-refractivity contribution < 1.29 is 19.1 Å². The Morgan fingerprint density at radius 3 is 2.21 bits per heavy atom. The minimum atomic E-state index is -1.11. The molecule has 2 N–H and O–H groups in total. The van der Waals surface area contributed by atoms with Crippen LogP contribution in [0.3, 0.4) is 0 Å². The maximum absolute atomic E-state index is 11.8. The van der Waals surface area contributed by atoms with Gasteiger partial charge in [-0.2, -0.15) is 0 Å². The standard InChI is InChI=1S/C11H20N2O4.C2H6/c1-10(2,3)17-9(15)13-6-5-11(12,7-13)8(14)16-4;1-2/h5-7,12H2,1-4H3;1-2H3. The number of likely N-dealkylation sites (tertiary alicyclic amines) is 1. The third kappa shape index (κ3) is 5.06. The van der Waals surface area contributed by atoms with Crippen LogP contribution in [0.2, 0.25) is 0 Å². The number of nitrogens with zero attached hydrogens (tertiary/aromatic N) is 1. The molecule has 6 heteroatoms. The topological polar surface area (TPSA) is 81.9 Å². The maximum Gasteiger partial charge on any atom is 0.410 e. The van der Waals surface area contributed by atoms with Gasteiger partial charge in [0.2, 0.25) is 0 Å². The van der Waals surface area contributed by atoms with Crippen LogP contribution < -0.4 is 5.73 Å². The molecule has 0 bridgehead atoms. The lowest BCUT2D eigenvalue weighted by atomic mass is 10.0. The summed E-state index contributed by atoms with van der Waals surface area (Å²) in [4.78, 5) is 24.7. The number of ether oxygens (including phenoxy) is 2. The van der Waals surface area contributed by atoms with Gasteiger partial charge in [0, 0.05) is 6.54 Å². The maximum atomic E-state index is 11.8.